The Balaban J connectivity index is 4.45. The zero-order chi connectivity index (χ0) is 13.6. The monoisotopic (exact) mass is 245 g/mol. The van der Waals surface area contributed by atoms with Crippen LogP contribution in [-0.2, 0) is 9.59 Å². The van der Waals surface area contributed by atoms with Gasteiger partial charge in [-0.3, -0.25) is 9.59 Å². The van der Waals surface area contributed by atoms with Crippen molar-refractivity contribution in [2.75, 3.05) is 26.7 Å². The number of primary amides is 1. The van der Waals surface area contributed by atoms with Gasteiger partial charge in [-0.15, -0.1) is 0 Å². The lowest BCUT2D eigenvalue weighted by molar-refractivity contribution is -0.141. The van der Waals surface area contributed by atoms with Crippen molar-refractivity contribution in [2.24, 2.45) is 11.7 Å². The number of likely N-dealkylation sites (N-methyl/N-ethyl adjacent to an activating group) is 1. The van der Waals surface area contributed by atoms with Crippen LogP contribution in [-0.4, -0.2) is 59.5 Å². The maximum Gasteiger partial charge on any atom is 0.320 e. The summed E-state index contributed by atoms with van der Waals surface area (Å²) in [7, 11) is 1.49. The third-order valence-electron chi connectivity index (χ3n) is 2.29. The van der Waals surface area contributed by atoms with Crippen molar-refractivity contribution in [1.29, 1.82) is 0 Å². The van der Waals surface area contributed by atoms with Gasteiger partial charge in [0, 0.05) is 20.1 Å². The number of carboxylic acids is 1. The van der Waals surface area contributed by atoms with Crippen LogP contribution >= 0.6 is 0 Å². The Kier molecular flexibility index (Phi) is 6.01. The second-order valence-electron chi connectivity index (χ2n) is 3.88. The lowest BCUT2D eigenvalue weighted by Crippen LogP contribution is -2.46. The van der Waals surface area contributed by atoms with Gasteiger partial charge in [-0.05, 0) is 6.92 Å². The van der Waals surface area contributed by atoms with E-state index < -0.39 is 23.8 Å². The number of nitrogens with two attached hydrogens (primary N) is 1. The second-order valence-corrected chi connectivity index (χ2v) is 3.88. The lowest BCUT2D eigenvalue weighted by atomic mass is 10.2. The van der Waals surface area contributed by atoms with E-state index in [2.05, 4.69) is 0 Å². The highest BCUT2D eigenvalue weighted by molar-refractivity contribution is 5.83. The van der Waals surface area contributed by atoms with E-state index in [-0.39, 0.29) is 13.1 Å². The van der Waals surface area contributed by atoms with Crippen LogP contribution in [0.25, 0.3) is 0 Å². The Hall–Kier alpha value is -1.79. The summed E-state index contributed by atoms with van der Waals surface area (Å²) < 4.78 is 0. The van der Waals surface area contributed by atoms with Gasteiger partial charge < -0.3 is 20.6 Å². The lowest BCUT2D eigenvalue weighted by Gasteiger charge is -2.27. The van der Waals surface area contributed by atoms with E-state index in [1.165, 1.54) is 23.8 Å². The molecule has 0 rings (SSSR count). The largest absolute Gasteiger partial charge is 0.481 e. The van der Waals surface area contributed by atoms with Gasteiger partial charge in [-0.1, -0.05) is 6.92 Å². The highest BCUT2D eigenvalue weighted by Crippen LogP contribution is 2.02. The molecule has 7 nitrogen and oxygen atoms in total. The number of rotatable bonds is 6. The normalized spacial score (nSPS) is 11.7. The summed E-state index contributed by atoms with van der Waals surface area (Å²) in [4.78, 5) is 35.7. The van der Waals surface area contributed by atoms with Gasteiger partial charge in [-0.25, -0.2) is 4.79 Å². The smallest absolute Gasteiger partial charge is 0.320 e. The van der Waals surface area contributed by atoms with Crippen molar-refractivity contribution in [3.63, 3.8) is 0 Å². The summed E-state index contributed by atoms with van der Waals surface area (Å²) in [5.74, 6) is -2.22. The van der Waals surface area contributed by atoms with Crippen molar-refractivity contribution in [3.8, 4) is 0 Å². The molecule has 0 aromatic carbocycles. The van der Waals surface area contributed by atoms with Crippen molar-refractivity contribution >= 4 is 17.9 Å². The van der Waals surface area contributed by atoms with E-state index in [4.69, 9.17) is 10.8 Å². The summed E-state index contributed by atoms with van der Waals surface area (Å²) in [6, 6.07) is -0.403. The molecule has 7 heteroatoms. The van der Waals surface area contributed by atoms with Crippen LogP contribution in [0.1, 0.15) is 13.8 Å². The number of carbonyl (C=O) groups excluding carboxylic acids is 2. The van der Waals surface area contributed by atoms with Crippen molar-refractivity contribution in [1.82, 2.24) is 9.80 Å². The molecule has 3 N–H and O–H groups in total. The molecule has 0 aromatic rings. The number of nitrogens with zero attached hydrogens (tertiary/aromatic N) is 2. The van der Waals surface area contributed by atoms with E-state index >= 15 is 0 Å². The third-order valence-corrected chi connectivity index (χ3v) is 2.29. The summed E-state index contributed by atoms with van der Waals surface area (Å²) in [5, 5.41) is 8.73. The van der Waals surface area contributed by atoms with Crippen LogP contribution in [0.5, 0.6) is 0 Å². The van der Waals surface area contributed by atoms with Crippen LogP contribution in [0.15, 0.2) is 0 Å². The molecule has 0 fully saturated rings. The molecule has 0 aromatic heterocycles. The predicted molar refractivity (Wildman–Crippen MR) is 61.3 cm³/mol. The molecule has 0 spiro atoms. The van der Waals surface area contributed by atoms with Gasteiger partial charge in [0.05, 0.1) is 5.92 Å². The van der Waals surface area contributed by atoms with E-state index in [0.29, 0.717) is 6.54 Å². The summed E-state index contributed by atoms with van der Waals surface area (Å²) in [5.41, 5.74) is 5.01. The number of urea groups is 1. The number of aliphatic carboxylic acids is 1. The minimum atomic E-state index is -0.970. The van der Waals surface area contributed by atoms with Crippen molar-refractivity contribution in [2.45, 2.75) is 13.8 Å². The number of hydrogen-bond donors (Lipinski definition) is 2. The minimum Gasteiger partial charge on any atom is -0.481 e. The molecule has 0 aliphatic heterocycles. The average molecular weight is 245 g/mol. The Morgan fingerprint density at radius 1 is 1.35 bits per heavy atom. The van der Waals surface area contributed by atoms with Crippen LogP contribution in [0, 0.1) is 5.92 Å². The molecule has 3 amide bonds. The number of carbonyl (C=O) groups is 3. The van der Waals surface area contributed by atoms with E-state index in [1.807, 2.05) is 0 Å². The molecule has 17 heavy (non-hydrogen) atoms. The van der Waals surface area contributed by atoms with Crippen LogP contribution in [0.2, 0.25) is 0 Å². The fourth-order valence-corrected chi connectivity index (χ4v) is 1.31. The van der Waals surface area contributed by atoms with E-state index in [1.54, 1.807) is 6.92 Å². The van der Waals surface area contributed by atoms with Crippen LogP contribution < -0.4 is 5.73 Å². The Bertz CT molecular complexity index is 306. The Morgan fingerprint density at radius 2 is 1.88 bits per heavy atom. The quantitative estimate of drug-likeness (QED) is 0.662. The van der Waals surface area contributed by atoms with Crippen molar-refractivity contribution in [3.05, 3.63) is 0 Å². The van der Waals surface area contributed by atoms with Gasteiger partial charge in [0.2, 0.25) is 5.91 Å². The van der Waals surface area contributed by atoms with E-state index in [0.717, 1.165) is 0 Å². The molecule has 0 heterocycles. The Morgan fingerprint density at radius 3 is 2.24 bits per heavy atom. The fraction of sp³-hybridized carbons (Fsp3) is 0.700. The topological polar surface area (TPSA) is 104 Å². The first-order chi connectivity index (χ1) is 7.79. The molecule has 0 aliphatic rings. The molecule has 0 aliphatic carbocycles. The van der Waals surface area contributed by atoms with Crippen LogP contribution in [0.3, 0.4) is 0 Å². The first-order valence-corrected chi connectivity index (χ1v) is 5.30. The SMILES string of the molecule is CCN(CC(N)=O)C(=O)N(C)CC(C)C(=O)O. The highest BCUT2D eigenvalue weighted by Gasteiger charge is 2.21. The molecule has 0 saturated heterocycles. The molecule has 0 radical (unpaired) electrons. The standard InChI is InChI=1S/C10H19N3O4/c1-4-13(6-8(11)14)10(17)12(3)5-7(2)9(15)16/h7H,4-6H2,1-3H3,(H2,11,14)(H,15,16). The maximum atomic E-state index is 11.8. The van der Waals surface area contributed by atoms with Crippen LogP contribution in [0.4, 0.5) is 4.79 Å². The van der Waals surface area contributed by atoms with Gasteiger partial charge >= 0.3 is 12.0 Å². The van der Waals surface area contributed by atoms with Gasteiger partial charge in [-0.2, -0.15) is 0 Å². The zero-order valence-corrected chi connectivity index (χ0v) is 10.3. The first kappa shape index (κ1) is 15.2. The summed E-state index contributed by atoms with van der Waals surface area (Å²) >= 11 is 0. The molecule has 1 atom stereocenters. The van der Waals surface area contributed by atoms with Gasteiger partial charge in [0.15, 0.2) is 0 Å². The number of amides is 3. The molecular formula is C10H19N3O4. The second kappa shape index (κ2) is 6.72. The molecule has 98 valence electrons. The van der Waals surface area contributed by atoms with Crippen molar-refractivity contribution < 1.29 is 19.5 Å². The third kappa shape index (κ3) is 5.19. The number of hydrogen-bond acceptors (Lipinski definition) is 3. The highest BCUT2D eigenvalue weighted by atomic mass is 16.4. The molecular weight excluding hydrogens is 226 g/mol. The van der Waals surface area contributed by atoms with Gasteiger partial charge in [0.1, 0.15) is 6.54 Å². The fourth-order valence-electron chi connectivity index (χ4n) is 1.31. The summed E-state index contributed by atoms with van der Waals surface area (Å²) in [6.45, 7) is 3.49. The minimum absolute atomic E-state index is 0.0867. The zero-order valence-electron chi connectivity index (χ0n) is 10.3. The molecule has 1 unspecified atom stereocenters. The number of carboxylic acid groups (broad SMARTS) is 1. The first-order valence-electron chi connectivity index (χ1n) is 5.30. The summed E-state index contributed by atoms with van der Waals surface area (Å²) in [6.07, 6.45) is 0. The predicted octanol–water partition coefficient (Wildman–Crippen LogP) is -0.434. The maximum absolute atomic E-state index is 11.8. The Labute approximate surface area is 100 Å². The molecule has 0 bridgehead atoms. The average Bonchev–Trinajstić information content (AvgIpc) is 2.24. The van der Waals surface area contributed by atoms with E-state index in [9.17, 15) is 14.4 Å². The molecule has 0 saturated carbocycles. The van der Waals surface area contributed by atoms with Gasteiger partial charge in [0.25, 0.3) is 0 Å².